The highest BCUT2D eigenvalue weighted by molar-refractivity contribution is 8.22. The molecule has 0 aromatic rings. The summed E-state index contributed by atoms with van der Waals surface area (Å²) in [5.74, 6) is 3.12. The summed E-state index contributed by atoms with van der Waals surface area (Å²) in [5, 5.41) is 0. The highest BCUT2D eigenvalue weighted by Crippen LogP contribution is 2.39. The molecule has 0 N–H and O–H groups in total. The lowest BCUT2D eigenvalue weighted by Crippen LogP contribution is -2.31. The Morgan fingerprint density at radius 3 is 2.33 bits per heavy atom. The van der Waals surface area contributed by atoms with Crippen molar-refractivity contribution < 1.29 is 4.79 Å². The second-order valence-corrected chi connectivity index (χ2v) is 7.16. The molecule has 0 unspecified atom stereocenters. The summed E-state index contributed by atoms with van der Waals surface area (Å²) >= 11 is 3.93. The summed E-state index contributed by atoms with van der Waals surface area (Å²) in [7, 11) is 0. The lowest BCUT2D eigenvalue weighted by atomic mass is 10.00. The van der Waals surface area contributed by atoms with Gasteiger partial charge in [-0.2, -0.15) is 0 Å². The van der Waals surface area contributed by atoms with Crippen molar-refractivity contribution in [1.82, 2.24) is 4.90 Å². The van der Waals surface area contributed by atoms with Crippen LogP contribution in [0, 0.1) is 5.92 Å². The fraction of sp³-hybridized carbons (Fsp3) is 0.786. The highest BCUT2D eigenvalue weighted by Gasteiger charge is 2.19. The van der Waals surface area contributed by atoms with E-state index in [0.29, 0.717) is 18.2 Å². The van der Waals surface area contributed by atoms with E-state index in [-0.39, 0.29) is 0 Å². The standard InChI is InChI=1S/C14H25NOS2/c1-5-15(6-2)13(16)10-11(3)12(4)14-17-8-7-9-18-14/h11H,5-10H2,1-4H3/t11-/m1/s1. The smallest absolute Gasteiger partial charge is 0.223 e. The molecule has 1 fully saturated rings. The number of allylic oxidation sites excluding steroid dienone is 1. The zero-order valence-corrected chi connectivity index (χ0v) is 13.6. The topological polar surface area (TPSA) is 20.3 Å². The van der Waals surface area contributed by atoms with Gasteiger partial charge in [0, 0.05) is 23.7 Å². The average Bonchev–Trinajstić information content (AvgIpc) is 2.40. The molecule has 0 saturated carbocycles. The van der Waals surface area contributed by atoms with Crippen LogP contribution in [-0.4, -0.2) is 35.4 Å². The van der Waals surface area contributed by atoms with Crippen LogP contribution in [-0.2, 0) is 4.79 Å². The minimum atomic E-state index is 0.290. The van der Waals surface area contributed by atoms with Gasteiger partial charge in [0.15, 0.2) is 0 Å². The van der Waals surface area contributed by atoms with E-state index >= 15 is 0 Å². The van der Waals surface area contributed by atoms with Crippen LogP contribution in [0.15, 0.2) is 9.81 Å². The third-order valence-electron chi connectivity index (χ3n) is 3.41. The van der Waals surface area contributed by atoms with E-state index in [9.17, 15) is 4.79 Å². The van der Waals surface area contributed by atoms with Gasteiger partial charge in [-0.1, -0.05) is 6.92 Å². The second kappa shape index (κ2) is 8.16. The van der Waals surface area contributed by atoms with Gasteiger partial charge in [-0.3, -0.25) is 4.79 Å². The first-order chi connectivity index (χ1) is 8.60. The van der Waals surface area contributed by atoms with Crippen LogP contribution in [0.2, 0.25) is 0 Å². The van der Waals surface area contributed by atoms with Crippen molar-refractivity contribution in [1.29, 1.82) is 0 Å². The molecule has 4 heteroatoms. The molecule has 1 amide bonds. The van der Waals surface area contributed by atoms with Crippen molar-refractivity contribution in [3.8, 4) is 0 Å². The molecule has 1 atom stereocenters. The van der Waals surface area contributed by atoms with E-state index in [1.807, 2.05) is 42.3 Å². The molecular formula is C14H25NOS2. The van der Waals surface area contributed by atoms with Gasteiger partial charge in [-0.15, -0.1) is 23.5 Å². The molecule has 0 aromatic carbocycles. The Bertz CT molecular complexity index is 303. The fourth-order valence-corrected chi connectivity index (χ4v) is 4.80. The van der Waals surface area contributed by atoms with Crippen LogP contribution in [0.25, 0.3) is 0 Å². The minimum Gasteiger partial charge on any atom is -0.343 e. The Morgan fingerprint density at radius 1 is 1.28 bits per heavy atom. The summed E-state index contributed by atoms with van der Waals surface area (Å²) < 4.78 is 1.46. The van der Waals surface area contributed by atoms with Crippen molar-refractivity contribution in [3.05, 3.63) is 9.81 Å². The monoisotopic (exact) mass is 287 g/mol. The number of rotatable bonds is 5. The number of thioether (sulfide) groups is 2. The average molecular weight is 287 g/mol. The molecule has 1 aliphatic heterocycles. The minimum absolute atomic E-state index is 0.290. The maximum absolute atomic E-state index is 12.1. The molecule has 0 radical (unpaired) electrons. The van der Waals surface area contributed by atoms with Crippen molar-refractivity contribution in [2.75, 3.05) is 24.6 Å². The predicted molar refractivity (Wildman–Crippen MR) is 83.9 cm³/mol. The van der Waals surface area contributed by atoms with E-state index < -0.39 is 0 Å². The van der Waals surface area contributed by atoms with Gasteiger partial charge in [0.25, 0.3) is 0 Å². The van der Waals surface area contributed by atoms with Gasteiger partial charge >= 0.3 is 0 Å². The van der Waals surface area contributed by atoms with Crippen LogP contribution in [0.3, 0.4) is 0 Å². The third kappa shape index (κ3) is 4.54. The summed E-state index contributed by atoms with van der Waals surface area (Å²) in [6, 6.07) is 0. The Labute approximate surface area is 120 Å². The van der Waals surface area contributed by atoms with E-state index in [2.05, 4.69) is 13.8 Å². The van der Waals surface area contributed by atoms with Gasteiger partial charge in [0.1, 0.15) is 0 Å². The Kier molecular flexibility index (Phi) is 7.23. The molecule has 1 rings (SSSR count). The molecule has 18 heavy (non-hydrogen) atoms. The number of carbonyl (C=O) groups excluding carboxylic acids is 1. The zero-order valence-electron chi connectivity index (χ0n) is 12.0. The van der Waals surface area contributed by atoms with Crippen LogP contribution >= 0.6 is 23.5 Å². The molecule has 0 spiro atoms. The number of amides is 1. The summed E-state index contributed by atoms with van der Waals surface area (Å²) in [4.78, 5) is 14.0. The van der Waals surface area contributed by atoms with E-state index in [1.165, 1.54) is 27.7 Å². The molecule has 0 aromatic heterocycles. The zero-order chi connectivity index (χ0) is 13.5. The predicted octanol–water partition coefficient (Wildman–Crippen LogP) is 3.98. The third-order valence-corrected chi connectivity index (χ3v) is 6.27. The SMILES string of the molecule is CCN(CC)C(=O)C[C@@H](C)C(C)=C1SCCCS1. The fourth-order valence-electron chi connectivity index (χ4n) is 1.98. The van der Waals surface area contributed by atoms with E-state index in [1.54, 1.807) is 0 Å². The van der Waals surface area contributed by atoms with Gasteiger partial charge in [0.2, 0.25) is 5.91 Å². The quantitative estimate of drug-likeness (QED) is 0.763. The first-order valence-electron chi connectivity index (χ1n) is 6.84. The molecule has 1 saturated heterocycles. The van der Waals surface area contributed by atoms with Gasteiger partial charge in [0.05, 0.1) is 0 Å². The van der Waals surface area contributed by atoms with Crippen LogP contribution in [0.5, 0.6) is 0 Å². The maximum Gasteiger partial charge on any atom is 0.223 e. The number of carbonyl (C=O) groups is 1. The Morgan fingerprint density at radius 2 is 1.83 bits per heavy atom. The van der Waals surface area contributed by atoms with Crippen molar-refractivity contribution in [2.24, 2.45) is 5.92 Å². The van der Waals surface area contributed by atoms with Crippen LogP contribution < -0.4 is 0 Å². The van der Waals surface area contributed by atoms with Gasteiger partial charge < -0.3 is 4.90 Å². The molecule has 1 aliphatic rings. The number of hydrogen-bond donors (Lipinski definition) is 0. The molecule has 2 nitrogen and oxygen atoms in total. The molecule has 0 aliphatic carbocycles. The largest absolute Gasteiger partial charge is 0.343 e. The van der Waals surface area contributed by atoms with E-state index in [0.717, 1.165) is 13.1 Å². The lowest BCUT2D eigenvalue weighted by Gasteiger charge is -2.23. The van der Waals surface area contributed by atoms with Crippen molar-refractivity contribution in [2.45, 2.75) is 40.5 Å². The van der Waals surface area contributed by atoms with Crippen LogP contribution in [0.4, 0.5) is 0 Å². The normalized spacial score (nSPS) is 17.4. The first kappa shape index (κ1) is 16.0. The summed E-state index contributed by atoms with van der Waals surface area (Å²) in [5.41, 5.74) is 1.41. The summed E-state index contributed by atoms with van der Waals surface area (Å²) in [6.07, 6.45) is 1.96. The molecular weight excluding hydrogens is 262 g/mol. The number of nitrogens with zero attached hydrogens (tertiary/aromatic N) is 1. The highest BCUT2D eigenvalue weighted by atomic mass is 32.2. The lowest BCUT2D eigenvalue weighted by molar-refractivity contribution is -0.131. The number of hydrogen-bond acceptors (Lipinski definition) is 3. The summed E-state index contributed by atoms with van der Waals surface area (Å²) in [6.45, 7) is 10.1. The Hall–Kier alpha value is -0.0900. The molecule has 104 valence electrons. The van der Waals surface area contributed by atoms with Gasteiger partial charge in [-0.05, 0) is 50.2 Å². The first-order valence-corrected chi connectivity index (χ1v) is 8.81. The van der Waals surface area contributed by atoms with Crippen LogP contribution in [0.1, 0.15) is 40.5 Å². The van der Waals surface area contributed by atoms with Gasteiger partial charge in [-0.25, -0.2) is 0 Å². The Balaban J connectivity index is 2.58. The molecule has 0 bridgehead atoms. The van der Waals surface area contributed by atoms with E-state index in [4.69, 9.17) is 0 Å². The maximum atomic E-state index is 12.1. The molecule has 1 heterocycles. The van der Waals surface area contributed by atoms with Crippen molar-refractivity contribution >= 4 is 29.4 Å². The second-order valence-electron chi connectivity index (χ2n) is 4.69. The van der Waals surface area contributed by atoms with Crippen molar-refractivity contribution in [3.63, 3.8) is 0 Å².